The summed E-state index contributed by atoms with van der Waals surface area (Å²) in [6.45, 7) is 2.84. The topological polar surface area (TPSA) is 39.1 Å². The van der Waals surface area contributed by atoms with E-state index in [4.69, 9.17) is 4.74 Å². The van der Waals surface area contributed by atoms with Crippen LogP contribution in [0.2, 0.25) is 0 Å². The fraction of sp³-hybridized carbons (Fsp3) is 0.471. The lowest BCUT2D eigenvalue weighted by Gasteiger charge is -2.29. The van der Waals surface area contributed by atoms with E-state index < -0.39 is 0 Å². The smallest absolute Gasteiger partial charge is 0.0846 e. The Morgan fingerprint density at radius 1 is 1.43 bits per heavy atom. The van der Waals surface area contributed by atoms with Gasteiger partial charge in [-0.05, 0) is 44.0 Å². The third-order valence-electron chi connectivity index (χ3n) is 4.29. The summed E-state index contributed by atoms with van der Waals surface area (Å²) in [6.07, 6.45) is 2.09. The Hall–Kier alpha value is -1.65. The maximum atomic E-state index is 6.04. The Morgan fingerprint density at radius 2 is 2.24 bits per heavy atom. The minimum absolute atomic E-state index is 0.155. The number of nitrogens with one attached hydrogen (secondary N) is 1. The summed E-state index contributed by atoms with van der Waals surface area (Å²) in [5.41, 5.74) is 5.02. The van der Waals surface area contributed by atoms with Gasteiger partial charge in [0, 0.05) is 7.05 Å². The van der Waals surface area contributed by atoms with Crippen molar-refractivity contribution in [2.45, 2.75) is 31.9 Å². The number of hydrogen-bond acceptors (Lipinski definition) is 3. The molecule has 0 bridgehead atoms. The van der Waals surface area contributed by atoms with Crippen molar-refractivity contribution in [2.24, 2.45) is 7.05 Å². The molecule has 0 saturated heterocycles. The van der Waals surface area contributed by atoms with Gasteiger partial charge >= 0.3 is 0 Å². The zero-order chi connectivity index (χ0) is 14.8. The van der Waals surface area contributed by atoms with Gasteiger partial charge in [-0.25, -0.2) is 0 Å². The second kappa shape index (κ2) is 6.00. The molecule has 0 aliphatic carbocycles. The van der Waals surface area contributed by atoms with Gasteiger partial charge in [-0.1, -0.05) is 24.3 Å². The first-order chi connectivity index (χ1) is 10.2. The van der Waals surface area contributed by atoms with Crippen LogP contribution in [0.4, 0.5) is 0 Å². The summed E-state index contributed by atoms with van der Waals surface area (Å²) in [7, 11) is 4.00. The molecule has 1 N–H and O–H groups in total. The van der Waals surface area contributed by atoms with Crippen molar-refractivity contribution in [2.75, 3.05) is 13.7 Å². The highest BCUT2D eigenvalue weighted by atomic mass is 16.5. The number of hydrogen-bond donors (Lipinski definition) is 1. The van der Waals surface area contributed by atoms with E-state index in [2.05, 4.69) is 40.7 Å². The lowest BCUT2D eigenvalue weighted by molar-refractivity contribution is 0.0293. The Labute approximate surface area is 126 Å². The molecular weight excluding hydrogens is 262 g/mol. The molecule has 3 rings (SSSR count). The van der Waals surface area contributed by atoms with Gasteiger partial charge in [0.1, 0.15) is 0 Å². The molecule has 4 nitrogen and oxygen atoms in total. The number of rotatable bonds is 4. The van der Waals surface area contributed by atoms with Gasteiger partial charge in [-0.15, -0.1) is 0 Å². The number of ether oxygens (including phenoxy) is 1. The van der Waals surface area contributed by atoms with Crippen molar-refractivity contribution in [3.63, 3.8) is 0 Å². The van der Waals surface area contributed by atoms with Gasteiger partial charge < -0.3 is 10.1 Å². The largest absolute Gasteiger partial charge is 0.373 e. The van der Waals surface area contributed by atoms with Crippen LogP contribution >= 0.6 is 0 Å². The average Bonchev–Trinajstić information content (AvgIpc) is 2.83. The van der Waals surface area contributed by atoms with Crippen molar-refractivity contribution >= 4 is 0 Å². The average molecular weight is 285 g/mol. The Bertz CT molecular complexity index is 620. The van der Waals surface area contributed by atoms with Crippen LogP contribution in [0.5, 0.6) is 0 Å². The normalized spacial score (nSPS) is 19.3. The van der Waals surface area contributed by atoms with Gasteiger partial charge in [0.15, 0.2) is 0 Å². The van der Waals surface area contributed by atoms with Gasteiger partial charge in [-0.3, -0.25) is 4.68 Å². The molecule has 0 radical (unpaired) electrons. The van der Waals surface area contributed by atoms with E-state index in [9.17, 15) is 0 Å². The maximum absolute atomic E-state index is 6.04. The van der Waals surface area contributed by atoms with Crippen LogP contribution in [0.25, 0.3) is 0 Å². The molecule has 1 aliphatic rings. The zero-order valence-corrected chi connectivity index (χ0v) is 13.0. The van der Waals surface area contributed by atoms with Crippen LogP contribution in [-0.4, -0.2) is 23.4 Å². The van der Waals surface area contributed by atoms with Crippen LogP contribution in [0.15, 0.2) is 30.3 Å². The number of aryl methyl sites for hydroxylation is 2. The van der Waals surface area contributed by atoms with E-state index in [1.165, 1.54) is 16.8 Å². The molecule has 1 aromatic heterocycles. The van der Waals surface area contributed by atoms with Gasteiger partial charge in [0.2, 0.25) is 0 Å². The quantitative estimate of drug-likeness (QED) is 0.938. The first kappa shape index (κ1) is 14.3. The van der Waals surface area contributed by atoms with Crippen molar-refractivity contribution in [1.29, 1.82) is 0 Å². The first-order valence-corrected chi connectivity index (χ1v) is 7.56. The van der Waals surface area contributed by atoms with Gasteiger partial charge in [0.05, 0.1) is 30.1 Å². The minimum atomic E-state index is 0.155. The van der Waals surface area contributed by atoms with E-state index in [-0.39, 0.29) is 12.1 Å². The van der Waals surface area contributed by atoms with Crippen molar-refractivity contribution in [1.82, 2.24) is 15.1 Å². The predicted molar refractivity (Wildman–Crippen MR) is 83.2 cm³/mol. The molecule has 2 atom stereocenters. The standard InChI is InChI=1S/C17H23N3O/c1-12-10-16(20(3)19-12)15(18-2)11-17-14-7-5-4-6-13(14)8-9-21-17/h4-7,10,15,17-18H,8-9,11H2,1-3H3. The van der Waals surface area contributed by atoms with Gasteiger partial charge in [-0.2, -0.15) is 5.10 Å². The summed E-state index contributed by atoms with van der Waals surface area (Å²) < 4.78 is 8.00. The molecule has 2 unspecified atom stereocenters. The molecule has 0 fully saturated rings. The Balaban J connectivity index is 1.84. The fourth-order valence-electron chi connectivity index (χ4n) is 3.23. The number of benzene rings is 1. The SMILES string of the molecule is CNC(CC1OCCc2ccccc21)c1cc(C)nn1C. The Kier molecular flexibility index (Phi) is 4.08. The third-order valence-corrected chi connectivity index (χ3v) is 4.29. The van der Waals surface area contributed by atoms with Crippen molar-refractivity contribution < 1.29 is 4.74 Å². The highest BCUT2D eigenvalue weighted by Crippen LogP contribution is 2.34. The summed E-state index contributed by atoms with van der Waals surface area (Å²) in [4.78, 5) is 0. The third kappa shape index (κ3) is 2.87. The molecular formula is C17H23N3O. The van der Waals surface area contributed by atoms with E-state index in [0.717, 1.165) is 25.1 Å². The highest BCUT2D eigenvalue weighted by Gasteiger charge is 2.25. The zero-order valence-electron chi connectivity index (χ0n) is 13.0. The summed E-state index contributed by atoms with van der Waals surface area (Å²) >= 11 is 0. The van der Waals surface area contributed by atoms with E-state index in [0.29, 0.717) is 0 Å². The molecule has 0 saturated carbocycles. The van der Waals surface area contributed by atoms with E-state index in [1.54, 1.807) is 0 Å². The van der Waals surface area contributed by atoms with E-state index >= 15 is 0 Å². The summed E-state index contributed by atoms with van der Waals surface area (Å²) in [5, 5.41) is 7.86. The lowest BCUT2D eigenvalue weighted by atomic mass is 9.92. The molecule has 0 amide bonds. The second-order valence-electron chi connectivity index (χ2n) is 5.72. The molecule has 0 spiro atoms. The van der Waals surface area contributed by atoms with Crippen molar-refractivity contribution in [3.8, 4) is 0 Å². The highest BCUT2D eigenvalue weighted by molar-refractivity contribution is 5.31. The van der Waals surface area contributed by atoms with Crippen LogP contribution in [0, 0.1) is 6.92 Å². The van der Waals surface area contributed by atoms with Crippen LogP contribution in [-0.2, 0) is 18.2 Å². The fourth-order valence-corrected chi connectivity index (χ4v) is 3.23. The predicted octanol–water partition coefficient (Wildman–Crippen LogP) is 2.69. The molecule has 1 aromatic carbocycles. The molecule has 1 aliphatic heterocycles. The second-order valence-corrected chi connectivity index (χ2v) is 5.72. The minimum Gasteiger partial charge on any atom is -0.373 e. The molecule has 4 heteroatoms. The number of aromatic nitrogens is 2. The molecule has 2 heterocycles. The Morgan fingerprint density at radius 3 is 2.95 bits per heavy atom. The maximum Gasteiger partial charge on any atom is 0.0846 e. The summed E-state index contributed by atoms with van der Waals surface area (Å²) in [6, 6.07) is 11.0. The lowest BCUT2D eigenvalue weighted by Crippen LogP contribution is -2.25. The van der Waals surface area contributed by atoms with E-state index in [1.807, 2.05) is 25.7 Å². The first-order valence-electron chi connectivity index (χ1n) is 7.56. The van der Waals surface area contributed by atoms with Crippen LogP contribution in [0.3, 0.4) is 0 Å². The summed E-state index contributed by atoms with van der Waals surface area (Å²) in [5.74, 6) is 0. The molecule has 2 aromatic rings. The monoisotopic (exact) mass is 285 g/mol. The van der Waals surface area contributed by atoms with Crippen LogP contribution in [0.1, 0.15) is 41.1 Å². The number of fused-ring (bicyclic) bond motifs is 1. The van der Waals surface area contributed by atoms with Gasteiger partial charge in [0.25, 0.3) is 0 Å². The van der Waals surface area contributed by atoms with Crippen molar-refractivity contribution in [3.05, 3.63) is 52.8 Å². The number of nitrogens with zero attached hydrogens (tertiary/aromatic N) is 2. The van der Waals surface area contributed by atoms with Crippen LogP contribution < -0.4 is 5.32 Å². The molecule has 21 heavy (non-hydrogen) atoms. The molecule has 112 valence electrons.